The van der Waals surface area contributed by atoms with E-state index in [1.165, 1.54) is 11.8 Å². The maximum atomic E-state index is 12.7. The third-order valence-corrected chi connectivity index (χ3v) is 7.75. The first-order chi connectivity index (χ1) is 15.2. The maximum Gasteiger partial charge on any atom is 0.353 e. The van der Waals surface area contributed by atoms with Gasteiger partial charge < -0.3 is 25.9 Å². The first kappa shape index (κ1) is 22.4. The molecule has 2 aromatic rings. The molecule has 0 radical (unpaired) electrons. The number of hydrogen-bond donors (Lipinski definition) is 4. The lowest BCUT2D eigenvalue weighted by Crippen LogP contribution is -2.71. The molecule has 4 heterocycles. The zero-order valence-corrected chi connectivity index (χ0v) is 19.0. The molecule has 2 aliphatic heterocycles. The number of amides is 2. The number of hydrogen-bond acceptors (Lipinski definition) is 13. The van der Waals surface area contributed by atoms with Crippen LogP contribution in [0.25, 0.3) is 0 Å². The van der Waals surface area contributed by atoms with E-state index in [1.807, 2.05) is 0 Å². The van der Waals surface area contributed by atoms with Crippen LogP contribution in [-0.4, -0.2) is 71.0 Å². The van der Waals surface area contributed by atoms with Crippen molar-refractivity contribution in [3.8, 4) is 0 Å². The third-order valence-electron chi connectivity index (χ3n) is 4.28. The molecular formula is C15H12ClN7O6S3. The lowest BCUT2D eigenvalue weighted by atomic mass is 10.0. The Morgan fingerprint density at radius 2 is 2.19 bits per heavy atom. The zero-order valence-electron chi connectivity index (χ0n) is 15.8. The molecule has 0 aromatic carbocycles. The van der Waals surface area contributed by atoms with Gasteiger partial charge in [0.1, 0.15) is 27.1 Å². The first-order valence-electron chi connectivity index (χ1n) is 8.55. The van der Waals surface area contributed by atoms with E-state index in [9.17, 15) is 24.7 Å². The normalized spacial score (nSPS) is 20.8. The van der Waals surface area contributed by atoms with Gasteiger partial charge in [0.25, 0.3) is 17.0 Å². The number of nitrogens with one attached hydrogen (secondary N) is 1. The standard InChI is InChI=1S/C15H12ClN7O6S3/c1-3-18-15(29-22-3)31-4-2-30-12-7(11(25)23(12)8(4)13(26)27)19-10(24)6(21-28)5-9(16)32-14(17)20-5/h7,12,28H,2H2,1H3,(H2,17,20)(H,19,24)(H,26,27)/b21-6+/t7-,12?/m1/s1. The smallest absolute Gasteiger partial charge is 0.353 e. The van der Waals surface area contributed by atoms with Gasteiger partial charge in [0.15, 0.2) is 16.7 Å². The number of carboxylic acid groups (broad SMARTS) is 1. The predicted octanol–water partition coefficient (Wildman–Crippen LogP) is 0.737. The molecule has 17 heteroatoms. The van der Waals surface area contributed by atoms with Crippen molar-refractivity contribution in [1.82, 2.24) is 25.3 Å². The van der Waals surface area contributed by atoms with Gasteiger partial charge in [0.05, 0.1) is 0 Å². The lowest BCUT2D eigenvalue weighted by molar-refractivity contribution is -0.150. The van der Waals surface area contributed by atoms with Gasteiger partial charge in [0.2, 0.25) is 0 Å². The molecule has 2 aromatic heterocycles. The van der Waals surface area contributed by atoms with Crippen LogP contribution < -0.4 is 11.1 Å². The van der Waals surface area contributed by atoms with Crippen molar-refractivity contribution in [3.63, 3.8) is 0 Å². The van der Waals surface area contributed by atoms with E-state index < -0.39 is 34.9 Å². The highest BCUT2D eigenvalue weighted by Crippen LogP contribution is 2.44. The first-order valence-corrected chi connectivity index (χ1v) is 11.6. The van der Waals surface area contributed by atoms with E-state index in [2.05, 4.69) is 25.6 Å². The van der Waals surface area contributed by atoms with Gasteiger partial charge in [-0.3, -0.25) is 14.5 Å². The number of β-lactam (4-membered cyclic amide) rings is 1. The summed E-state index contributed by atoms with van der Waals surface area (Å²) in [4.78, 5) is 46.5. The summed E-state index contributed by atoms with van der Waals surface area (Å²) in [5.74, 6) is -2.26. The number of fused-ring (bicyclic) bond motifs is 1. The topological polar surface area (TPSA) is 197 Å². The number of nitrogens with two attached hydrogens (primary N) is 1. The van der Waals surface area contributed by atoms with E-state index in [0.29, 0.717) is 10.7 Å². The van der Waals surface area contributed by atoms with Gasteiger partial charge in [-0.15, -0.1) is 11.8 Å². The van der Waals surface area contributed by atoms with Crippen molar-refractivity contribution >= 4 is 75.1 Å². The molecule has 13 nitrogen and oxygen atoms in total. The van der Waals surface area contributed by atoms with Crippen LogP contribution in [0.15, 0.2) is 25.5 Å². The SMILES string of the molecule is Cc1noc(SC2=C(C(=O)O)N3C(=O)[C@@H](NC(=O)/C(=N/O)c4nc(N)sc4Cl)C3SC2)n1. The van der Waals surface area contributed by atoms with Gasteiger partial charge in [-0.05, 0) is 18.7 Å². The van der Waals surface area contributed by atoms with Crippen molar-refractivity contribution in [2.24, 2.45) is 5.16 Å². The van der Waals surface area contributed by atoms with Crippen LogP contribution in [-0.2, 0) is 14.4 Å². The number of aryl methyl sites for hydroxylation is 1. The van der Waals surface area contributed by atoms with E-state index in [1.54, 1.807) is 6.92 Å². The number of thioether (sulfide) groups is 2. The van der Waals surface area contributed by atoms with Crippen LogP contribution >= 0.6 is 46.5 Å². The lowest BCUT2D eigenvalue weighted by Gasteiger charge is -2.49. The third kappa shape index (κ3) is 3.89. The number of anilines is 1. The summed E-state index contributed by atoms with van der Waals surface area (Å²) in [6, 6.07) is -1.05. The van der Waals surface area contributed by atoms with Crippen molar-refractivity contribution in [2.45, 2.75) is 23.6 Å². The van der Waals surface area contributed by atoms with Crippen LogP contribution in [0.4, 0.5) is 5.13 Å². The van der Waals surface area contributed by atoms with Gasteiger partial charge in [-0.1, -0.05) is 33.3 Å². The molecule has 2 atom stereocenters. The highest BCUT2D eigenvalue weighted by molar-refractivity contribution is 8.06. The minimum atomic E-state index is -1.31. The molecule has 1 fully saturated rings. The molecule has 2 amide bonds. The quantitative estimate of drug-likeness (QED) is 0.181. The molecule has 0 spiro atoms. The monoisotopic (exact) mass is 517 g/mol. The highest BCUT2D eigenvalue weighted by Gasteiger charge is 2.54. The zero-order chi connectivity index (χ0) is 23.2. The summed E-state index contributed by atoms with van der Waals surface area (Å²) in [5, 5.41) is 27.5. The Morgan fingerprint density at radius 1 is 1.44 bits per heavy atom. The molecule has 4 rings (SSSR count). The van der Waals surface area contributed by atoms with Gasteiger partial charge >= 0.3 is 5.97 Å². The second-order valence-electron chi connectivity index (χ2n) is 6.27. The van der Waals surface area contributed by atoms with E-state index >= 15 is 0 Å². The second kappa shape index (κ2) is 8.61. The van der Waals surface area contributed by atoms with Crippen molar-refractivity contribution in [3.05, 3.63) is 26.5 Å². The van der Waals surface area contributed by atoms with E-state index in [0.717, 1.165) is 28.0 Å². The Balaban J connectivity index is 1.53. The number of oxime groups is 1. The fourth-order valence-corrected chi connectivity index (χ4v) is 6.28. The summed E-state index contributed by atoms with van der Waals surface area (Å²) < 4.78 is 5.05. The van der Waals surface area contributed by atoms with Crippen LogP contribution in [0.2, 0.25) is 4.34 Å². The Hall–Kier alpha value is -2.82. The number of nitrogen functional groups attached to an aromatic ring is 1. The average molecular weight is 518 g/mol. The van der Waals surface area contributed by atoms with Gasteiger partial charge in [0, 0.05) is 10.7 Å². The number of carbonyl (C=O) groups excluding carboxylic acids is 2. The summed E-state index contributed by atoms with van der Waals surface area (Å²) in [5.41, 5.74) is 4.67. The molecule has 32 heavy (non-hydrogen) atoms. The number of nitrogens with zero attached hydrogens (tertiary/aromatic N) is 5. The van der Waals surface area contributed by atoms with E-state index in [-0.39, 0.29) is 31.8 Å². The van der Waals surface area contributed by atoms with Crippen molar-refractivity contribution in [2.75, 3.05) is 11.5 Å². The van der Waals surface area contributed by atoms with Crippen LogP contribution in [0.1, 0.15) is 11.5 Å². The molecule has 5 N–H and O–H groups in total. The number of halogens is 1. The molecular weight excluding hydrogens is 506 g/mol. The molecule has 1 unspecified atom stereocenters. The number of aromatic nitrogens is 3. The van der Waals surface area contributed by atoms with Crippen LogP contribution in [0.3, 0.4) is 0 Å². The second-order valence-corrected chi connectivity index (χ2v) is 10.1. The fraction of sp³-hybridized carbons (Fsp3) is 0.267. The predicted molar refractivity (Wildman–Crippen MR) is 114 cm³/mol. The van der Waals surface area contributed by atoms with Crippen LogP contribution in [0.5, 0.6) is 0 Å². The minimum absolute atomic E-state index is 0.0353. The maximum absolute atomic E-state index is 12.7. The highest BCUT2D eigenvalue weighted by atomic mass is 35.5. The molecule has 1 saturated heterocycles. The average Bonchev–Trinajstić information content (AvgIpc) is 3.30. The number of thiazole rings is 1. The molecule has 2 aliphatic rings. The number of rotatable bonds is 6. The Bertz CT molecular complexity index is 1190. The van der Waals surface area contributed by atoms with Crippen LogP contribution in [0, 0.1) is 6.92 Å². The Labute approximate surface area is 196 Å². The fourth-order valence-electron chi connectivity index (χ4n) is 2.97. The summed E-state index contributed by atoms with van der Waals surface area (Å²) in [6.07, 6.45) is 0. The molecule has 0 saturated carbocycles. The Kier molecular flexibility index (Phi) is 6.02. The minimum Gasteiger partial charge on any atom is -0.477 e. The van der Waals surface area contributed by atoms with E-state index in [4.69, 9.17) is 21.9 Å². The number of carboxylic acids is 1. The number of carbonyl (C=O) groups is 3. The molecule has 168 valence electrons. The van der Waals surface area contributed by atoms with Crippen molar-refractivity contribution < 1.29 is 29.2 Å². The summed E-state index contributed by atoms with van der Waals surface area (Å²) in [7, 11) is 0. The Morgan fingerprint density at radius 3 is 2.75 bits per heavy atom. The van der Waals surface area contributed by atoms with Crippen molar-refractivity contribution in [1.29, 1.82) is 0 Å². The number of aliphatic carboxylic acids is 1. The molecule has 0 bridgehead atoms. The summed E-state index contributed by atoms with van der Waals surface area (Å²) >= 11 is 9.04. The van der Waals surface area contributed by atoms with Gasteiger partial charge in [-0.25, -0.2) is 9.78 Å². The van der Waals surface area contributed by atoms with Gasteiger partial charge in [-0.2, -0.15) is 4.98 Å². The largest absolute Gasteiger partial charge is 0.477 e. The summed E-state index contributed by atoms with van der Waals surface area (Å²) in [6.45, 7) is 1.62. The molecule has 0 aliphatic carbocycles.